The first-order valence-electron chi connectivity index (χ1n) is 5.15. The van der Waals surface area contributed by atoms with Gasteiger partial charge in [0.25, 0.3) is 0 Å². The first-order valence-corrected chi connectivity index (χ1v) is 5.15. The predicted octanol–water partition coefficient (Wildman–Crippen LogP) is 1.84. The molecule has 1 N–H and O–H groups in total. The van der Waals surface area contributed by atoms with Crippen molar-refractivity contribution >= 4 is 11.9 Å². The number of nitrogens with zero attached hydrogens (tertiary/aromatic N) is 1. The third-order valence-corrected chi connectivity index (χ3v) is 2.25. The quantitative estimate of drug-likeness (QED) is 0.803. The number of furan rings is 1. The molecule has 0 atom stereocenters. The van der Waals surface area contributed by atoms with Crippen molar-refractivity contribution in [3.63, 3.8) is 0 Å². The minimum Gasteiger partial charge on any atom is -0.475 e. The topological polar surface area (TPSA) is 62.9 Å². The van der Waals surface area contributed by atoms with Gasteiger partial charge in [-0.25, -0.2) is 4.79 Å². The molecule has 0 unspecified atom stereocenters. The fourth-order valence-electron chi connectivity index (χ4n) is 1.41. The van der Waals surface area contributed by atoms with Gasteiger partial charge in [0, 0.05) is 25.8 Å². The highest BCUT2D eigenvalue weighted by atomic mass is 16.5. The normalized spacial score (nSPS) is 10.8. The van der Waals surface area contributed by atoms with Crippen molar-refractivity contribution in [2.45, 2.75) is 19.9 Å². The summed E-state index contributed by atoms with van der Waals surface area (Å²) in [6.07, 6.45) is 0. The number of methoxy groups -OCH3 is 1. The SMILES string of the molecule is COCCN(c1ccc(C(=O)O)o1)C(C)C. The largest absolute Gasteiger partial charge is 0.475 e. The molecule has 0 fully saturated rings. The van der Waals surface area contributed by atoms with Crippen LogP contribution in [-0.4, -0.2) is 37.4 Å². The van der Waals surface area contributed by atoms with Gasteiger partial charge >= 0.3 is 5.97 Å². The van der Waals surface area contributed by atoms with Crippen molar-refractivity contribution < 1.29 is 19.1 Å². The molecule has 0 saturated heterocycles. The van der Waals surface area contributed by atoms with E-state index in [1.54, 1.807) is 13.2 Å². The third kappa shape index (κ3) is 3.00. The number of aromatic carboxylic acids is 1. The Morgan fingerprint density at radius 1 is 1.56 bits per heavy atom. The molecule has 0 aliphatic heterocycles. The zero-order chi connectivity index (χ0) is 12.1. The highest BCUT2D eigenvalue weighted by Gasteiger charge is 2.16. The second-order valence-corrected chi connectivity index (χ2v) is 3.72. The van der Waals surface area contributed by atoms with E-state index in [2.05, 4.69) is 0 Å². The summed E-state index contributed by atoms with van der Waals surface area (Å²) in [4.78, 5) is 12.6. The molecule has 1 rings (SSSR count). The molecule has 0 amide bonds. The number of rotatable bonds is 6. The van der Waals surface area contributed by atoms with Crippen LogP contribution < -0.4 is 4.90 Å². The molecule has 90 valence electrons. The van der Waals surface area contributed by atoms with Crippen LogP contribution in [0.1, 0.15) is 24.4 Å². The van der Waals surface area contributed by atoms with Crippen molar-refractivity contribution in [3.05, 3.63) is 17.9 Å². The second kappa shape index (κ2) is 5.55. The second-order valence-electron chi connectivity index (χ2n) is 3.72. The van der Waals surface area contributed by atoms with Gasteiger partial charge in [-0.3, -0.25) is 0 Å². The summed E-state index contributed by atoms with van der Waals surface area (Å²) in [7, 11) is 1.63. The lowest BCUT2D eigenvalue weighted by molar-refractivity contribution is 0.0663. The van der Waals surface area contributed by atoms with Gasteiger partial charge in [-0.15, -0.1) is 0 Å². The Balaban J connectivity index is 2.80. The van der Waals surface area contributed by atoms with Crippen LogP contribution in [0.15, 0.2) is 16.5 Å². The Morgan fingerprint density at radius 2 is 2.25 bits per heavy atom. The van der Waals surface area contributed by atoms with Crippen LogP contribution in [0.5, 0.6) is 0 Å². The third-order valence-electron chi connectivity index (χ3n) is 2.25. The van der Waals surface area contributed by atoms with E-state index < -0.39 is 5.97 Å². The Hall–Kier alpha value is -1.49. The molecule has 0 aliphatic carbocycles. The van der Waals surface area contributed by atoms with Crippen LogP contribution in [0.2, 0.25) is 0 Å². The van der Waals surface area contributed by atoms with Gasteiger partial charge in [-0.1, -0.05) is 0 Å². The van der Waals surface area contributed by atoms with Crippen LogP contribution >= 0.6 is 0 Å². The van der Waals surface area contributed by atoms with Crippen LogP contribution in [0.4, 0.5) is 5.88 Å². The molecule has 1 heterocycles. The molecule has 5 nitrogen and oxygen atoms in total. The van der Waals surface area contributed by atoms with E-state index in [1.807, 2.05) is 18.7 Å². The molecular formula is C11H17NO4. The lowest BCUT2D eigenvalue weighted by atomic mass is 10.3. The lowest BCUT2D eigenvalue weighted by Gasteiger charge is -2.25. The number of hydrogen-bond acceptors (Lipinski definition) is 4. The molecule has 5 heteroatoms. The maximum atomic E-state index is 10.7. The lowest BCUT2D eigenvalue weighted by Crippen LogP contribution is -2.33. The van der Waals surface area contributed by atoms with Crippen LogP contribution in [-0.2, 0) is 4.74 Å². The Bertz CT molecular complexity index is 346. The standard InChI is InChI=1S/C11H17NO4/c1-8(2)12(6-7-15-3)10-5-4-9(16-10)11(13)14/h4-5,8H,6-7H2,1-3H3,(H,13,14). The number of carboxylic acid groups (broad SMARTS) is 1. The highest BCUT2D eigenvalue weighted by Crippen LogP contribution is 2.20. The van der Waals surface area contributed by atoms with Gasteiger partial charge in [-0.2, -0.15) is 0 Å². The van der Waals surface area contributed by atoms with Crippen molar-refractivity contribution in [3.8, 4) is 0 Å². The Morgan fingerprint density at radius 3 is 2.69 bits per heavy atom. The zero-order valence-electron chi connectivity index (χ0n) is 9.77. The monoisotopic (exact) mass is 227 g/mol. The molecule has 0 aliphatic rings. The van der Waals surface area contributed by atoms with Crippen molar-refractivity contribution in [1.82, 2.24) is 0 Å². The molecule has 1 aromatic heterocycles. The van der Waals surface area contributed by atoms with Crippen molar-refractivity contribution in [1.29, 1.82) is 0 Å². The van der Waals surface area contributed by atoms with Gasteiger partial charge in [0.15, 0.2) is 5.88 Å². The highest BCUT2D eigenvalue weighted by molar-refractivity contribution is 5.84. The van der Waals surface area contributed by atoms with Crippen molar-refractivity contribution in [2.24, 2.45) is 0 Å². The van der Waals surface area contributed by atoms with E-state index in [4.69, 9.17) is 14.3 Å². The van der Waals surface area contributed by atoms with Gasteiger partial charge in [-0.05, 0) is 19.9 Å². The van der Waals surface area contributed by atoms with Crippen LogP contribution in [0.25, 0.3) is 0 Å². The van der Waals surface area contributed by atoms with Crippen LogP contribution in [0.3, 0.4) is 0 Å². The number of hydrogen-bond donors (Lipinski definition) is 1. The Kier molecular flexibility index (Phi) is 4.37. The van der Waals surface area contributed by atoms with E-state index in [0.29, 0.717) is 19.0 Å². The maximum Gasteiger partial charge on any atom is 0.371 e. The number of carbonyl (C=O) groups is 1. The minimum atomic E-state index is -1.05. The van der Waals surface area contributed by atoms with Gasteiger partial charge in [0.05, 0.1) is 6.61 Å². The molecule has 16 heavy (non-hydrogen) atoms. The van der Waals surface area contributed by atoms with E-state index in [1.165, 1.54) is 6.07 Å². The smallest absolute Gasteiger partial charge is 0.371 e. The summed E-state index contributed by atoms with van der Waals surface area (Å²) in [5.41, 5.74) is 0. The Labute approximate surface area is 94.6 Å². The van der Waals surface area contributed by atoms with Gasteiger partial charge < -0.3 is 19.2 Å². The predicted molar refractivity (Wildman–Crippen MR) is 60.0 cm³/mol. The number of carboxylic acids is 1. The fourth-order valence-corrected chi connectivity index (χ4v) is 1.41. The fraction of sp³-hybridized carbons (Fsp3) is 0.545. The zero-order valence-corrected chi connectivity index (χ0v) is 9.77. The molecule has 0 bridgehead atoms. The van der Waals surface area contributed by atoms with Gasteiger partial charge in [0.1, 0.15) is 0 Å². The summed E-state index contributed by atoms with van der Waals surface area (Å²) in [5, 5.41) is 8.76. The molecule has 0 saturated carbocycles. The van der Waals surface area contributed by atoms with E-state index >= 15 is 0 Å². The maximum absolute atomic E-state index is 10.7. The number of anilines is 1. The van der Waals surface area contributed by atoms with Gasteiger partial charge in [0.2, 0.25) is 5.76 Å². The summed E-state index contributed by atoms with van der Waals surface area (Å²) in [6, 6.07) is 3.35. The average molecular weight is 227 g/mol. The molecule has 0 radical (unpaired) electrons. The summed E-state index contributed by atoms with van der Waals surface area (Å²) >= 11 is 0. The first-order chi connectivity index (χ1) is 7.56. The van der Waals surface area contributed by atoms with Crippen LogP contribution in [0, 0.1) is 0 Å². The molecule has 0 aromatic carbocycles. The average Bonchev–Trinajstić information content (AvgIpc) is 2.67. The summed E-state index contributed by atoms with van der Waals surface area (Å²) in [6.45, 7) is 5.26. The van der Waals surface area contributed by atoms with E-state index in [9.17, 15) is 4.79 Å². The summed E-state index contributed by atoms with van der Waals surface area (Å²) < 4.78 is 10.2. The summed E-state index contributed by atoms with van der Waals surface area (Å²) in [5.74, 6) is -0.538. The molecule has 0 spiro atoms. The van der Waals surface area contributed by atoms with Crippen molar-refractivity contribution in [2.75, 3.05) is 25.2 Å². The van der Waals surface area contributed by atoms with E-state index in [-0.39, 0.29) is 11.8 Å². The van der Waals surface area contributed by atoms with E-state index in [0.717, 1.165) is 0 Å². The molecule has 1 aromatic rings. The minimum absolute atomic E-state index is 0.0435. The molecular weight excluding hydrogens is 210 g/mol. The number of ether oxygens (including phenoxy) is 1. The first kappa shape index (κ1) is 12.6.